The number of benzene rings is 1. The van der Waals surface area contributed by atoms with Gasteiger partial charge in [-0.2, -0.15) is 0 Å². The Morgan fingerprint density at radius 2 is 1.86 bits per heavy atom. The highest BCUT2D eigenvalue weighted by atomic mass is 127. The molecule has 0 bridgehead atoms. The van der Waals surface area contributed by atoms with E-state index in [2.05, 4.69) is 20.9 Å². The SMILES string of the molecule is Cc1ccc(S(=O)(=O)n2c(I)cc3cc(Br)cnc32)cc1. The van der Waals surface area contributed by atoms with Crippen LogP contribution in [0.4, 0.5) is 0 Å². The maximum absolute atomic E-state index is 12.8. The topological polar surface area (TPSA) is 52.0 Å². The Hall–Kier alpha value is -0.930. The molecule has 2 heterocycles. The van der Waals surface area contributed by atoms with Gasteiger partial charge < -0.3 is 0 Å². The fourth-order valence-electron chi connectivity index (χ4n) is 2.06. The summed E-state index contributed by atoms with van der Waals surface area (Å²) in [7, 11) is -3.65. The number of halogens is 2. The number of aryl methyl sites for hydroxylation is 1. The molecule has 2 aromatic heterocycles. The summed E-state index contributed by atoms with van der Waals surface area (Å²) in [6, 6.07) is 10.5. The van der Waals surface area contributed by atoms with E-state index in [1.54, 1.807) is 36.5 Å². The first-order valence-electron chi connectivity index (χ1n) is 6.04. The molecule has 21 heavy (non-hydrogen) atoms. The molecule has 0 atom stereocenters. The molecule has 0 spiro atoms. The Morgan fingerprint density at radius 1 is 1.19 bits per heavy atom. The quantitative estimate of drug-likeness (QED) is 0.526. The molecule has 0 aliphatic rings. The van der Waals surface area contributed by atoms with Crippen LogP contribution in [-0.4, -0.2) is 17.4 Å². The van der Waals surface area contributed by atoms with Gasteiger partial charge in [-0.1, -0.05) is 17.7 Å². The molecule has 3 rings (SSSR count). The summed E-state index contributed by atoms with van der Waals surface area (Å²) in [6.07, 6.45) is 1.60. The van der Waals surface area contributed by atoms with Crippen molar-refractivity contribution in [2.24, 2.45) is 0 Å². The first kappa shape index (κ1) is 15.0. The molecule has 0 radical (unpaired) electrons. The molecule has 0 amide bonds. The van der Waals surface area contributed by atoms with Crippen molar-refractivity contribution in [2.45, 2.75) is 11.8 Å². The minimum absolute atomic E-state index is 0.258. The maximum atomic E-state index is 12.8. The van der Waals surface area contributed by atoms with Crippen molar-refractivity contribution in [3.8, 4) is 0 Å². The Bertz CT molecular complexity index is 934. The van der Waals surface area contributed by atoms with E-state index < -0.39 is 10.0 Å². The molecule has 7 heteroatoms. The number of rotatable bonds is 2. The van der Waals surface area contributed by atoms with Crippen molar-refractivity contribution < 1.29 is 8.42 Å². The van der Waals surface area contributed by atoms with Gasteiger partial charge >= 0.3 is 0 Å². The van der Waals surface area contributed by atoms with Gasteiger partial charge in [-0.05, 0) is 69.7 Å². The van der Waals surface area contributed by atoms with E-state index in [1.807, 2.05) is 35.6 Å². The van der Waals surface area contributed by atoms with Crippen LogP contribution in [0.15, 0.2) is 52.0 Å². The zero-order chi connectivity index (χ0) is 15.2. The van der Waals surface area contributed by atoms with Gasteiger partial charge in [0.05, 0.1) is 8.60 Å². The van der Waals surface area contributed by atoms with E-state index in [1.165, 1.54) is 3.97 Å². The lowest BCUT2D eigenvalue weighted by Crippen LogP contribution is -2.14. The second-order valence-corrected chi connectivity index (χ2v) is 8.42. The average Bonchev–Trinajstić information content (AvgIpc) is 2.74. The highest BCUT2D eigenvalue weighted by Crippen LogP contribution is 2.27. The summed E-state index contributed by atoms with van der Waals surface area (Å²) in [5.41, 5.74) is 1.45. The second kappa shape index (κ2) is 5.36. The predicted octanol–water partition coefficient (Wildman–Crippen LogP) is 3.95. The van der Waals surface area contributed by atoms with E-state index in [0.717, 1.165) is 15.4 Å². The number of nitrogens with zero attached hydrogens (tertiary/aromatic N) is 2. The summed E-state index contributed by atoms with van der Waals surface area (Å²) in [6.45, 7) is 1.92. The molecular formula is C14H10BrIN2O2S. The van der Waals surface area contributed by atoms with Crippen LogP contribution in [0.25, 0.3) is 11.0 Å². The molecule has 0 saturated heterocycles. The molecule has 1 aromatic carbocycles. The lowest BCUT2D eigenvalue weighted by atomic mass is 10.2. The van der Waals surface area contributed by atoms with E-state index in [9.17, 15) is 8.42 Å². The smallest absolute Gasteiger partial charge is 0.236 e. The van der Waals surface area contributed by atoms with E-state index in [0.29, 0.717) is 9.35 Å². The highest BCUT2D eigenvalue weighted by molar-refractivity contribution is 14.1. The number of pyridine rings is 1. The molecule has 0 saturated carbocycles. The van der Waals surface area contributed by atoms with Crippen LogP contribution in [0.2, 0.25) is 0 Å². The van der Waals surface area contributed by atoms with Gasteiger partial charge in [-0.25, -0.2) is 17.4 Å². The lowest BCUT2D eigenvalue weighted by molar-refractivity contribution is 0.588. The third-order valence-electron chi connectivity index (χ3n) is 3.08. The van der Waals surface area contributed by atoms with Crippen LogP contribution in [0.5, 0.6) is 0 Å². The number of fused-ring (bicyclic) bond motifs is 1. The van der Waals surface area contributed by atoms with Crippen molar-refractivity contribution in [2.75, 3.05) is 0 Å². The number of hydrogen-bond acceptors (Lipinski definition) is 3. The van der Waals surface area contributed by atoms with Crippen molar-refractivity contribution in [1.29, 1.82) is 0 Å². The minimum atomic E-state index is -3.65. The summed E-state index contributed by atoms with van der Waals surface area (Å²) in [5, 5.41) is 0.782. The minimum Gasteiger partial charge on any atom is -0.236 e. The molecule has 0 N–H and O–H groups in total. The number of hydrogen-bond donors (Lipinski definition) is 0. The van der Waals surface area contributed by atoms with Crippen LogP contribution in [0.3, 0.4) is 0 Å². The molecule has 0 unspecified atom stereocenters. The lowest BCUT2D eigenvalue weighted by Gasteiger charge is -2.08. The largest absolute Gasteiger partial charge is 0.270 e. The zero-order valence-corrected chi connectivity index (χ0v) is 15.5. The van der Waals surface area contributed by atoms with Crippen LogP contribution in [0.1, 0.15) is 5.56 Å². The summed E-state index contributed by atoms with van der Waals surface area (Å²) in [4.78, 5) is 4.50. The van der Waals surface area contributed by atoms with Gasteiger partial charge in [0.15, 0.2) is 5.65 Å². The van der Waals surface area contributed by atoms with Gasteiger partial charge in [0, 0.05) is 16.1 Å². The molecular weight excluding hydrogens is 467 g/mol. The Labute approximate surface area is 144 Å². The molecule has 3 aromatic rings. The van der Waals surface area contributed by atoms with Crippen LogP contribution >= 0.6 is 38.5 Å². The molecule has 0 aliphatic carbocycles. The van der Waals surface area contributed by atoms with E-state index in [4.69, 9.17) is 0 Å². The first-order valence-corrected chi connectivity index (χ1v) is 9.35. The third kappa shape index (κ3) is 2.62. The Kier molecular flexibility index (Phi) is 3.83. The normalized spacial score (nSPS) is 12.0. The van der Waals surface area contributed by atoms with Gasteiger partial charge in [0.1, 0.15) is 0 Å². The molecule has 108 valence electrons. The van der Waals surface area contributed by atoms with E-state index >= 15 is 0 Å². The van der Waals surface area contributed by atoms with Crippen molar-refractivity contribution >= 4 is 59.6 Å². The van der Waals surface area contributed by atoms with Crippen LogP contribution < -0.4 is 0 Å². The van der Waals surface area contributed by atoms with Crippen molar-refractivity contribution in [3.05, 3.63) is 56.3 Å². The average molecular weight is 477 g/mol. The molecule has 0 fully saturated rings. The number of aromatic nitrogens is 2. The van der Waals surface area contributed by atoms with Crippen molar-refractivity contribution in [3.63, 3.8) is 0 Å². The zero-order valence-electron chi connectivity index (χ0n) is 10.9. The fraction of sp³-hybridized carbons (Fsp3) is 0.0714. The summed E-state index contributed by atoms with van der Waals surface area (Å²) < 4.78 is 28.4. The third-order valence-corrected chi connectivity index (χ3v) is 6.36. The molecule has 4 nitrogen and oxygen atoms in total. The van der Waals surface area contributed by atoms with Gasteiger partial charge in [-0.15, -0.1) is 0 Å². The van der Waals surface area contributed by atoms with Crippen LogP contribution in [-0.2, 0) is 10.0 Å². The fourth-order valence-corrected chi connectivity index (χ4v) is 5.10. The maximum Gasteiger partial charge on any atom is 0.270 e. The standard InChI is InChI=1S/C14H10BrIN2O2S/c1-9-2-4-12(5-3-9)21(19,20)18-13(16)7-10-6-11(15)8-17-14(10)18/h2-8H,1H3. The van der Waals surface area contributed by atoms with Crippen LogP contribution in [0, 0.1) is 10.6 Å². The van der Waals surface area contributed by atoms with Gasteiger partial charge in [-0.3, -0.25) is 0 Å². The Balaban J connectivity index is 2.28. The summed E-state index contributed by atoms with van der Waals surface area (Å²) >= 11 is 5.36. The summed E-state index contributed by atoms with van der Waals surface area (Å²) in [5.74, 6) is 0. The highest BCUT2D eigenvalue weighted by Gasteiger charge is 2.22. The van der Waals surface area contributed by atoms with E-state index in [-0.39, 0.29) is 4.90 Å². The predicted molar refractivity (Wildman–Crippen MR) is 93.9 cm³/mol. The second-order valence-electron chi connectivity index (χ2n) is 4.62. The van der Waals surface area contributed by atoms with Gasteiger partial charge in [0.2, 0.25) is 0 Å². The van der Waals surface area contributed by atoms with Gasteiger partial charge in [0.25, 0.3) is 10.0 Å². The first-order chi connectivity index (χ1) is 9.89. The van der Waals surface area contributed by atoms with Crippen molar-refractivity contribution in [1.82, 2.24) is 8.96 Å². The molecule has 0 aliphatic heterocycles. The monoisotopic (exact) mass is 476 g/mol. The Morgan fingerprint density at radius 3 is 2.52 bits per heavy atom.